The molecule has 2 aliphatic rings. The van der Waals surface area contributed by atoms with Crippen molar-refractivity contribution in [1.29, 1.82) is 0 Å². The summed E-state index contributed by atoms with van der Waals surface area (Å²) in [5.41, 5.74) is 4.26. The van der Waals surface area contributed by atoms with E-state index in [4.69, 9.17) is 23.8 Å². The highest BCUT2D eigenvalue weighted by Crippen LogP contribution is 2.35. The first-order valence-corrected chi connectivity index (χ1v) is 7.87. The Morgan fingerprint density at radius 1 is 1.38 bits per heavy atom. The summed E-state index contributed by atoms with van der Waals surface area (Å²) in [6.45, 7) is 3.11. The van der Waals surface area contributed by atoms with E-state index in [0.29, 0.717) is 31.3 Å². The monoisotopic (exact) mass is 335 g/mol. The van der Waals surface area contributed by atoms with Crippen molar-refractivity contribution in [1.82, 2.24) is 5.48 Å². The maximum Gasteiger partial charge on any atom is 0.344 e. The van der Waals surface area contributed by atoms with Gasteiger partial charge < -0.3 is 18.9 Å². The first-order valence-electron chi connectivity index (χ1n) is 7.87. The summed E-state index contributed by atoms with van der Waals surface area (Å²) in [6.07, 6.45) is 2.84. The molecule has 0 aliphatic carbocycles. The molecule has 1 aromatic carbocycles. The number of esters is 1. The van der Waals surface area contributed by atoms with E-state index in [-0.39, 0.29) is 6.61 Å². The lowest BCUT2D eigenvalue weighted by Gasteiger charge is -2.15. The van der Waals surface area contributed by atoms with Crippen LogP contribution >= 0.6 is 0 Å². The fourth-order valence-electron chi connectivity index (χ4n) is 2.67. The van der Waals surface area contributed by atoms with Crippen molar-refractivity contribution in [3.63, 3.8) is 0 Å². The van der Waals surface area contributed by atoms with Crippen molar-refractivity contribution in [2.45, 2.75) is 18.9 Å². The Morgan fingerprint density at radius 2 is 2.25 bits per heavy atom. The minimum Gasteiger partial charge on any atom is -0.493 e. The molecule has 1 aromatic rings. The normalized spacial score (nSPS) is 22.2. The van der Waals surface area contributed by atoms with Crippen molar-refractivity contribution in [3.05, 3.63) is 29.8 Å². The molecule has 0 saturated carbocycles. The summed E-state index contributed by atoms with van der Waals surface area (Å²) in [5.74, 6) is 0.587. The number of ether oxygens (including phenoxy) is 4. The first-order chi connectivity index (χ1) is 11.7. The zero-order chi connectivity index (χ0) is 17.0. The van der Waals surface area contributed by atoms with E-state index < -0.39 is 11.6 Å². The highest BCUT2D eigenvalue weighted by Gasteiger charge is 2.39. The molecule has 3 rings (SSSR count). The van der Waals surface area contributed by atoms with E-state index in [1.165, 1.54) is 0 Å². The fourth-order valence-corrected chi connectivity index (χ4v) is 2.67. The maximum absolute atomic E-state index is 11.5. The Balaban J connectivity index is 1.77. The zero-order valence-electron chi connectivity index (χ0n) is 13.8. The van der Waals surface area contributed by atoms with Crippen LogP contribution in [-0.4, -0.2) is 45.1 Å². The summed E-state index contributed by atoms with van der Waals surface area (Å²) >= 11 is 0. The molecule has 1 atom stereocenters. The van der Waals surface area contributed by atoms with Gasteiger partial charge >= 0.3 is 5.97 Å². The van der Waals surface area contributed by atoms with Gasteiger partial charge in [-0.3, -0.25) is 10.3 Å². The number of carbonyl (C=O) groups excluding carboxylic acids is 1. The smallest absolute Gasteiger partial charge is 0.344 e. The quantitative estimate of drug-likeness (QED) is 0.793. The fraction of sp³-hybridized carbons (Fsp3) is 0.471. The second-order valence-electron chi connectivity index (χ2n) is 5.59. The van der Waals surface area contributed by atoms with E-state index in [0.717, 1.165) is 17.7 Å². The van der Waals surface area contributed by atoms with Crippen LogP contribution in [0.3, 0.4) is 0 Å². The largest absolute Gasteiger partial charge is 0.493 e. The van der Waals surface area contributed by atoms with Crippen LogP contribution in [-0.2, 0) is 19.1 Å². The van der Waals surface area contributed by atoms with Gasteiger partial charge in [0.1, 0.15) is 5.60 Å². The highest BCUT2D eigenvalue weighted by molar-refractivity contribution is 5.72. The molecule has 2 aliphatic heterocycles. The molecular formula is C17H21NO6. The van der Waals surface area contributed by atoms with Gasteiger partial charge in [0, 0.05) is 18.6 Å². The van der Waals surface area contributed by atoms with Crippen LogP contribution < -0.4 is 15.0 Å². The number of hydrogen-bond acceptors (Lipinski definition) is 7. The summed E-state index contributed by atoms with van der Waals surface area (Å²) < 4.78 is 21.1. The Labute approximate surface area is 140 Å². The van der Waals surface area contributed by atoms with Crippen molar-refractivity contribution < 1.29 is 28.6 Å². The van der Waals surface area contributed by atoms with Crippen molar-refractivity contribution in [3.8, 4) is 11.5 Å². The van der Waals surface area contributed by atoms with Crippen molar-refractivity contribution in [2.75, 3.05) is 33.5 Å². The second-order valence-corrected chi connectivity index (χ2v) is 5.59. The number of methoxy groups -OCH3 is 1. The van der Waals surface area contributed by atoms with Gasteiger partial charge in [0.2, 0.25) is 0 Å². The molecule has 1 unspecified atom stereocenters. The van der Waals surface area contributed by atoms with Crippen molar-refractivity contribution in [2.24, 2.45) is 0 Å². The van der Waals surface area contributed by atoms with Gasteiger partial charge in [0.15, 0.2) is 18.1 Å². The molecule has 7 heteroatoms. The van der Waals surface area contributed by atoms with E-state index in [2.05, 4.69) is 5.48 Å². The van der Waals surface area contributed by atoms with Crippen LogP contribution in [0, 0.1) is 0 Å². The van der Waals surface area contributed by atoms with Crippen LogP contribution in [0.1, 0.15) is 18.9 Å². The molecular weight excluding hydrogens is 314 g/mol. The SMILES string of the molecule is CCOC(=O)COc1cc(C2=CC3(CCOC3)ON2)ccc1OC. The van der Waals surface area contributed by atoms with Gasteiger partial charge in [0.05, 0.1) is 26.0 Å². The van der Waals surface area contributed by atoms with Crippen LogP contribution in [0.15, 0.2) is 24.3 Å². The van der Waals surface area contributed by atoms with E-state index >= 15 is 0 Å². The topological polar surface area (TPSA) is 75.3 Å². The molecule has 1 saturated heterocycles. The predicted molar refractivity (Wildman–Crippen MR) is 85.5 cm³/mol. The number of benzene rings is 1. The van der Waals surface area contributed by atoms with Crippen LogP contribution in [0.2, 0.25) is 0 Å². The van der Waals surface area contributed by atoms with Gasteiger partial charge in [-0.25, -0.2) is 4.79 Å². The molecule has 1 N–H and O–H groups in total. The summed E-state index contributed by atoms with van der Waals surface area (Å²) in [7, 11) is 1.55. The van der Waals surface area contributed by atoms with Gasteiger partial charge in [-0.05, 0) is 31.2 Å². The van der Waals surface area contributed by atoms with Crippen molar-refractivity contribution >= 4 is 11.7 Å². The number of hydroxylamine groups is 1. The molecule has 7 nitrogen and oxygen atoms in total. The van der Waals surface area contributed by atoms with E-state index in [1.807, 2.05) is 12.1 Å². The van der Waals surface area contributed by atoms with E-state index in [9.17, 15) is 4.79 Å². The third-order valence-corrected chi connectivity index (χ3v) is 3.91. The number of nitrogens with one attached hydrogen (secondary N) is 1. The zero-order valence-corrected chi connectivity index (χ0v) is 13.8. The standard InChI is InChI=1S/C17H21NO6/c1-3-22-16(19)10-23-15-8-12(4-5-14(15)20-2)13-9-17(24-18-13)6-7-21-11-17/h4-5,8-9,18H,3,6-7,10-11H2,1-2H3. The number of carbonyl (C=O) groups is 1. The molecule has 0 bridgehead atoms. The molecule has 0 radical (unpaired) electrons. The maximum atomic E-state index is 11.5. The first kappa shape index (κ1) is 16.6. The Morgan fingerprint density at radius 3 is 2.96 bits per heavy atom. The molecule has 0 amide bonds. The molecule has 0 aromatic heterocycles. The highest BCUT2D eigenvalue weighted by atomic mass is 16.7. The van der Waals surface area contributed by atoms with Gasteiger partial charge in [-0.15, -0.1) is 0 Å². The summed E-state index contributed by atoms with van der Waals surface area (Å²) in [5, 5.41) is 0. The third kappa shape index (κ3) is 3.47. The van der Waals surface area contributed by atoms with Gasteiger partial charge in [0.25, 0.3) is 0 Å². The average Bonchev–Trinajstić information content (AvgIpc) is 3.23. The second kappa shape index (κ2) is 7.11. The van der Waals surface area contributed by atoms with Gasteiger partial charge in [-0.1, -0.05) is 0 Å². The number of hydrogen-bond donors (Lipinski definition) is 1. The lowest BCUT2D eigenvalue weighted by molar-refractivity contribution is -0.145. The predicted octanol–water partition coefficient (Wildman–Crippen LogP) is 1.67. The number of rotatable bonds is 6. The lowest BCUT2D eigenvalue weighted by atomic mass is 10.0. The minimum absolute atomic E-state index is 0.172. The van der Waals surface area contributed by atoms with Crippen LogP contribution in [0.4, 0.5) is 0 Å². The Bertz CT molecular complexity index is 636. The molecule has 24 heavy (non-hydrogen) atoms. The molecule has 1 fully saturated rings. The van der Waals surface area contributed by atoms with Crippen LogP contribution in [0.5, 0.6) is 11.5 Å². The summed E-state index contributed by atoms with van der Waals surface area (Å²) in [4.78, 5) is 17.2. The Hall–Kier alpha value is -2.25. The van der Waals surface area contributed by atoms with Gasteiger partial charge in [-0.2, -0.15) is 0 Å². The van der Waals surface area contributed by atoms with Crippen LogP contribution in [0.25, 0.3) is 5.70 Å². The summed E-state index contributed by atoms with van der Waals surface area (Å²) in [6, 6.07) is 5.48. The Kier molecular flexibility index (Phi) is 4.92. The molecule has 1 spiro atoms. The minimum atomic E-state index is -0.423. The average molecular weight is 335 g/mol. The lowest BCUT2D eigenvalue weighted by Crippen LogP contribution is -2.29. The molecule has 130 valence electrons. The van der Waals surface area contributed by atoms with E-state index in [1.54, 1.807) is 26.2 Å². The molecule has 2 heterocycles. The third-order valence-electron chi connectivity index (χ3n) is 3.91.